The zero-order valence-electron chi connectivity index (χ0n) is 10.6. The van der Waals surface area contributed by atoms with Gasteiger partial charge in [0, 0.05) is 11.0 Å². The lowest BCUT2D eigenvalue weighted by Gasteiger charge is -2.37. The van der Waals surface area contributed by atoms with Crippen molar-refractivity contribution in [3.8, 4) is 0 Å². The summed E-state index contributed by atoms with van der Waals surface area (Å²) in [6.07, 6.45) is 3.54. The van der Waals surface area contributed by atoms with Crippen LogP contribution in [0, 0.1) is 23.2 Å². The number of carbonyl (C=O) groups is 1. The fraction of sp³-hybridized carbons (Fsp3) is 0.786. The van der Waals surface area contributed by atoms with E-state index in [1.807, 2.05) is 0 Å². The predicted molar refractivity (Wildman–Crippen MR) is 63.1 cm³/mol. The Morgan fingerprint density at radius 1 is 1.47 bits per heavy atom. The Kier molecular flexibility index (Phi) is 2.37. The van der Waals surface area contributed by atoms with Gasteiger partial charge in [0.05, 0.1) is 6.61 Å². The fourth-order valence-electron chi connectivity index (χ4n) is 4.17. The van der Waals surface area contributed by atoms with Crippen LogP contribution in [0.1, 0.15) is 33.1 Å². The molecule has 1 aliphatic heterocycles. The molecule has 2 bridgehead atoms. The molecule has 0 amide bonds. The van der Waals surface area contributed by atoms with Crippen LogP contribution in [0.15, 0.2) is 12.2 Å². The molecule has 0 radical (unpaired) electrons. The van der Waals surface area contributed by atoms with Crippen LogP contribution < -0.4 is 0 Å². The lowest BCUT2D eigenvalue weighted by Crippen LogP contribution is -2.41. The number of fused-ring (bicyclic) bond motifs is 5. The first kappa shape index (κ1) is 11.3. The Morgan fingerprint density at radius 2 is 2.24 bits per heavy atom. The summed E-state index contributed by atoms with van der Waals surface area (Å²) in [5.41, 5.74) is 0.498. The molecule has 3 nitrogen and oxygen atoms in total. The van der Waals surface area contributed by atoms with Crippen LogP contribution in [0.25, 0.3) is 0 Å². The molecule has 1 heterocycles. The molecule has 3 heteroatoms. The van der Waals surface area contributed by atoms with Gasteiger partial charge in [0.15, 0.2) is 0 Å². The monoisotopic (exact) mass is 236 g/mol. The van der Waals surface area contributed by atoms with Crippen molar-refractivity contribution in [2.75, 3.05) is 6.61 Å². The number of ether oxygens (including phenoxy) is 2. The number of hydrogen-bond donors (Lipinski definition) is 0. The molecule has 0 aromatic carbocycles. The topological polar surface area (TPSA) is 35.5 Å². The minimum absolute atomic E-state index is 0.0496. The smallest absolute Gasteiger partial charge is 0.335 e. The van der Waals surface area contributed by atoms with E-state index >= 15 is 0 Å². The van der Waals surface area contributed by atoms with Gasteiger partial charge in [-0.3, -0.25) is 0 Å². The van der Waals surface area contributed by atoms with Crippen molar-refractivity contribution in [3.05, 3.63) is 12.2 Å². The highest BCUT2D eigenvalue weighted by Gasteiger charge is 2.64. The fourth-order valence-corrected chi connectivity index (χ4v) is 4.17. The number of carbonyl (C=O) groups excluding carboxylic acids is 1. The number of rotatable bonds is 2. The van der Waals surface area contributed by atoms with Gasteiger partial charge in [-0.15, -0.1) is 0 Å². The van der Waals surface area contributed by atoms with Gasteiger partial charge in [-0.1, -0.05) is 13.5 Å². The second-order valence-corrected chi connectivity index (χ2v) is 6.09. The van der Waals surface area contributed by atoms with Crippen LogP contribution in [-0.2, 0) is 14.3 Å². The Bertz CT molecular complexity index is 376. The quantitative estimate of drug-likeness (QED) is 0.546. The molecule has 3 rings (SSSR count). The Labute approximate surface area is 102 Å². The molecule has 0 N–H and O–H groups in total. The standard InChI is InChI=1S/C14H20O3/c1-8(2)12(15)17-13-14(3)10-5-4-9(6-10)11(14)7-16-13/h9-11,13H,1,4-7H2,2-3H3/t9?,10-,11?,13?,14+/m1/s1. The first-order valence-corrected chi connectivity index (χ1v) is 6.51. The van der Waals surface area contributed by atoms with E-state index in [2.05, 4.69) is 13.5 Å². The summed E-state index contributed by atoms with van der Waals surface area (Å²) in [6.45, 7) is 8.30. The zero-order chi connectivity index (χ0) is 12.2. The molecule has 0 spiro atoms. The molecule has 3 fully saturated rings. The van der Waals surface area contributed by atoms with Gasteiger partial charge in [-0.2, -0.15) is 0 Å². The van der Waals surface area contributed by atoms with Gasteiger partial charge in [0.1, 0.15) is 0 Å². The molecule has 3 unspecified atom stereocenters. The van der Waals surface area contributed by atoms with Crippen molar-refractivity contribution in [2.24, 2.45) is 23.2 Å². The lowest BCUT2D eigenvalue weighted by molar-refractivity contribution is -0.186. The first-order valence-electron chi connectivity index (χ1n) is 6.51. The molecule has 94 valence electrons. The maximum Gasteiger partial charge on any atom is 0.335 e. The molecule has 2 aliphatic carbocycles. The highest BCUT2D eigenvalue weighted by molar-refractivity contribution is 5.87. The summed E-state index contributed by atoms with van der Waals surface area (Å²) >= 11 is 0. The molecular weight excluding hydrogens is 216 g/mol. The summed E-state index contributed by atoms with van der Waals surface area (Å²) in [6, 6.07) is 0. The van der Waals surface area contributed by atoms with Gasteiger partial charge in [-0.05, 0) is 43.9 Å². The van der Waals surface area contributed by atoms with E-state index in [1.54, 1.807) is 6.92 Å². The average molecular weight is 236 g/mol. The van der Waals surface area contributed by atoms with Crippen LogP contribution >= 0.6 is 0 Å². The van der Waals surface area contributed by atoms with Crippen molar-refractivity contribution >= 4 is 5.97 Å². The Morgan fingerprint density at radius 3 is 2.94 bits per heavy atom. The molecule has 3 aliphatic rings. The van der Waals surface area contributed by atoms with Gasteiger partial charge in [-0.25, -0.2) is 4.79 Å². The highest BCUT2D eigenvalue weighted by Crippen LogP contribution is 2.64. The normalized spacial score (nSPS) is 46.9. The van der Waals surface area contributed by atoms with Crippen LogP contribution in [0.3, 0.4) is 0 Å². The van der Waals surface area contributed by atoms with Crippen molar-refractivity contribution in [1.82, 2.24) is 0 Å². The van der Waals surface area contributed by atoms with Crippen LogP contribution in [0.5, 0.6) is 0 Å². The van der Waals surface area contributed by atoms with Crippen LogP contribution in [0.4, 0.5) is 0 Å². The lowest BCUT2D eigenvalue weighted by atomic mass is 9.68. The minimum atomic E-state index is -0.355. The SMILES string of the molecule is C=C(C)C(=O)OC1OCC2C3CC[C@H](C3)[C@]12C. The van der Waals surface area contributed by atoms with E-state index in [4.69, 9.17) is 9.47 Å². The molecule has 5 atom stereocenters. The van der Waals surface area contributed by atoms with E-state index < -0.39 is 0 Å². The second kappa shape index (κ2) is 3.58. The Hall–Kier alpha value is -0.830. The third-order valence-corrected chi connectivity index (χ3v) is 5.22. The van der Waals surface area contributed by atoms with Crippen molar-refractivity contribution in [1.29, 1.82) is 0 Å². The van der Waals surface area contributed by atoms with Crippen LogP contribution in [0.2, 0.25) is 0 Å². The number of esters is 1. The molecule has 2 saturated carbocycles. The summed E-state index contributed by atoms with van der Waals surface area (Å²) in [7, 11) is 0. The first-order chi connectivity index (χ1) is 8.03. The summed E-state index contributed by atoms with van der Waals surface area (Å²) in [4.78, 5) is 11.6. The largest absolute Gasteiger partial charge is 0.432 e. The average Bonchev–Trinajstić information content (AvgIpc) is 2.91. The zero-order valence-corrected chi connectivity index (χ0v) is 10.6. The summed E-state index contributed by atoms with van der Waals surface area (Å²) in [5.74, 6) is 1.73. The predicted octanol–water partition coefficient (Wildman–Crippen LogP) is 2.51. The van der Waals surface area contributed by atoms with Crippen molar-refractivity contribution in [3.63, 3.8) is 0 Å². The third-order valence-electron chi connectivity index (χ3n) is 5.22. The molecule has 0 aromatic heterocycles. The van der Waals surface area contributed by atoms with Crippen molar-refractivity contribution < 1.29 is 14.3 Å². The van der Waals surface area contributed by atoms with Gasteiger partial charge in [0.2, 0.25) is 6.29 Å². The maximum atomic E-state index is 11.6. The summed E-state index contributed by atoms with van der Waals surface area (Å²) < 4.78 is 11.2. The molecule has 17 heavy (non-hydrogen) atoms. The highest BCUT2D eigenvalue weighted by atomic mass is 16.7. The molecule has 0 aromatic rings. The maximum absolute atomic E-state index is 11.6. The van der Waals surface area contributed by atoms with E-state index in [0.717, 1.165) is 12.5 Å². The minimum Gasteiger partial charge on any atom is -0.432 e. The van der Waals surface area contributed by atoms with E-state index in [9.17, 15) is 4.79 Å². The van der Waals surface area contributed by atoms with Gasteiger partial charge in [0.25, 0.3) is 0 Å². The number of hydrogen-bond acceptors (Lipinski definition) is 3. The molecule has 1 saturated heterocycles. The van der Waals surface area contributed by atoms with E-state index in [-0.39, 0.29) is 17.7 Å². The third kappa shape index (κ3) is 1.41. The van der Waals surface area contributed by atoms with Crippen molar-refractivity contribution in [2.45, 2.75) is 39.4 Å². The Balaban J connectivity index is 1.79. The van der Waals surface area contributed by atoms with Gasteiger partial charge >= 0.3 is 5.97 Å². The van der Waals surface area contributed by atoms with Crippen LogP contribution in [-0.4, -0.2) is 18.9 Å². The summed E-state index contributed by atoms with van der Waals surface area (Å²) in [5, 5.41) is 0. The van der Waals surface area contributed by atoms with E-state index in [0.29, 0.717) is 17.4 Å². The van der Waals surface area contributed by atoms with E-state index in [1.165, 1.54) is 19.3 Å². The van der Waals surface area contributed by atoms with Gasteiger partial charge < -0.3 is 9.47 Å². The molecular formula is C14H20O3. The second-order valence-electron chi connectivity index (χ2n) is 6.09.